The average molecular weight is 206 g/mol. The van der Waals surface area contributed by atoms with Crippen molar-refractivity contribution < 1.29 is 24.7 Å². The number of nitrogens with zero attached hydrogens (tertiary/aromatic N) is 3. The van der Waals surface area contributed by atoms with Crippen molar-refractivity contribution >= 4 is 5.97 Å². The first kappa shape index (κ1) is 11.4. The van der Waals surface area contributed by atoms with E-state index in [4.69, 9.17) is 0 Å². The number of nitro groups is 3. The second-order valence-corrected chi connectivity index (χ2v) is 1.73. The van der Waals surface area contributed by atoms with Gasteiger partial charge in [-0.2, -0.15) is 0 Å². The Labute approximate surface area is 73.7 Å². The van der Waals surface area contributed by atoms with Crippen LogP contribution in [0.5, 0.6) is 0 Å². The number of aliphatic carboxylic acids is 1. The smallest absolute Gasteiger partial charge is 0.539 e. The molecule has 0 aromatic heterocycles. The van der Waals surface area contributed by atoms with E-state index in [1.54, 1.807) is 0 Å². The third-order valence-corrected chi connectivity index (χ3v) is 0.934. The van der Waals surface area contributed by atoms with Crippen LogP contribution in [-0.2, 0) is 4.79 Å². The van der Waals surface area contributed by atoms with Crippen molar-refractivity contribution in [2.24, 2.45) is 0 Å². The lowest BCUT2D eigenvalue weighted by molar-refractivity contribution is -0.630. The van der Waals surface area contributed by atoms with E-state index in [2.05, 4.69) is 0 Å². The highest BCUT2D eigenvalue weighted by Crippen LogP contribution is 2.06. The molecule has 0 radical (unpaired) electrons. The SMILES string of the molecule is O=C([O-])C(=C([N+](=O)[O-])[N+](=O)[O-])[N+](=O)[O-]. The van der Waals surface area contributed by atoms with Crippen LogP contribution >= 0.6 is 0 Å². The summed E-state index contributed by atoms with van der Waals surface area (Å²) >= 11 is 0. The largest absolute Gasteiger partial charge is 0.639 e. The molecule has 11 nitrogen and oxygen atoms in total. The maximum atomic E-state index is 9.97. The van der Waals surface area contributed by atoms with Crippen LogP contribution in [0.3, 0.4) is 0 Å². The van der Waals surface area contributed by atoms with Crippen molar-refractivity contribution in [2.75, 3.05) is 0 Å². The molecule has 0 spiro atoms. The Kier molecular flexibility index (Phi) is 3.16. The highest BCUT2D eigenvalue weighted by atomic mass is 16.7. The molecule has 0 bridgehead atoms. The molecule has 0 N–H and O–H groups in total. The monoisotopic (exact) mass is 206 g/mol. The summed E-state index contributed by atoms with van der Waals surface area (Å²) in [7, 11) is 0. The summed E-state index contributed by atoms with van der Waals surface area (Å²) in [6.07, 6.45) is 0. The number of hydrogen-bond acceptors (Lipinski definition) is 8. The molecular weight excluding hydrogens is 206 g/mol. The second kappa shape index (κ2) is 3.88. The maximum absolute atomic E-state index is 9.97. The zero-order valence-corrected chi connectivity index (χ0v) is 6.11. The van der Waals surface area contributed by atoms with Crippen LogP contribution in [0.25, 0.3) is 0 Å². The Morgan fingerprint density at radius 3 is 1.29 bits per heavy atom. The fourth-order valence-electron chi connectivity index (χ4n) is 0.487. The van der Waals surface area contributed by atoms with Crippen molar-refractivity contribution in [1.82, 2.24) is 0 Å². The predicted molar refractivity (Wildman–Crippen MR) is 33.0 cm³/mol. The topological polar surface area (TPSA) is 170 Å². The molecule has 0 fully saturated rings. The summed E-state index contributed by atoms with van der Waals surface area (Å²) < 4.78 is 0. The standard InChI is InChI=1S/C3HN3O8/c7-3(8)1(4(9)10)2(5(11)12)6(13)14/h(H,7,8)/p-1. The van der Waals surface area contributed by atoms with Gasteiger partial charge in [0.15, 0.2) is 5.97 Å². The maximum Gasteiger partial charge on any atom is 0.639 e. The van der Waals surface area contributed by atoms with Gasteiger partial charge in [-0.05, 0) is 0 Å². The normalized spacial score (nSPS) is 8.86. The lowest BCUT2D eigenvalue weighted by Crippen LogP contribution is -2.32. The number of rotatable bonds is 4. The summed E-state index contributed by atoms with van der Waals surface area (Å²) in [4.78, 5) is 34.3. The molecule has 0 aliphatic rings. The van der Waals surface area contributed by atoms with Gasteiger partial charge in [-0.3, -0.25) is 30.3 Å². The lowest BCUT2D eigenvalue weighted by atomic mass is 10.4. The fraction of sp³-hybridized carbons (Fsp3) is 0. The summed E-state index contributed by atoms with van der Waals surface area (Å²) in [5.41, 5.74) is -2.19. The Balaban J connectivity index is 5.76. The number of carboxylic acid groups (broad SMARTS) is 1. The number of hydrogen-bond donors (Lipinski definition) is 0. The molecule has 11 heteroatoms. The molecule has 0 unspecified atom stereocenters. The second-order valence-electron chi connectivity index (χ2n) is 1.73. The molecule has 0 heterocycles. The van der Waals surface area contributed by atoms with E-state index in [9.17, 15) is 40.2 Å². The van der Waals surface area contributed by atoms with Crippen LogP contribution in [0.15, 0.2) is 11.5 Å². The van der Waals surface area contributed by atoms with E-state index < -0.39 is 32.3 Å². The van der Waals surface area contributed by atoms with Gasteiger partial charge in [-0.15, -0.1) is 0 Å². The quantitative estimate of drug-likeness (QED) is 0.281. The van der Waals surface area contributed by atoms with Crippen LogP contribution in [0.1, 0.15) is 0 Å². The van der Waals surface area contributed by atoms with E-state index in [-0.39, 0.29) is 0 Å². The molecule has 14 heavy (non-hydrogen) atoms. The van der Waals surface area contributed by atoms with Gasteiger partial charge in [0.2, 0.25) is 0 Å². The average Bonchev–Trinajstić information content (AvgIpc) is 1.96. The van der Waals surface area contributed by atoms with Crippen molar-refractivity contribution in [3.8, 4) is 0 Å². The lowest BCUT2D eigenvalue weighted by Gasteiger charge is -1.94. The first-order valence-electron chi connectivity index (χ1n) is 2.67. The van der Waals surface area contributed by atoms with Gasteiger partial charge in [-0.25, -0.2) is 0 Å². The molecule has 0 aromatic carbocycles. The highest BCUT2D eigenvalue weighted by Gasteiger charge is 2.42. The molecule has 0 rings (SSSR count). The Hall–Kier alpha value is -2.59. The first-order chi connectivity index (χ1) is 6.29. The molecule has 0 amide bonds. The van der Waals surface area contributed by atoms with Gasteiger partial charge in [0.25, 0.3) is 0 Å². The van der Waals surface area contributed by atoms with Crippen LogP contribution in [0.2, 0.25) is 0 Å². The molecular formula is C3N3O8-. The number of carboxylic acids is 1. The minimum Gasteiger partial charge on any atom is -0.539 e. The Morgan fingerprint density at radius 2 is 1.21 bits per heavy atom. The van der Waals surface area contributed by atoms with E-state index in [0.717, 1.165) is 0 Å². The first-order valence-corrected chi connectivity index (χ1v) is 2.67. The van der Waals surface area contributed by atoms with Gasteiger partial charge in [0.1, 0.15) is 9.85 Å². The Bertz CT molecular complexity index is 289. The van der Waals surface area contributed by atoms with E-state index >= 15 is 0 Å². The van der Waals surface area contributed by atoms with Gasteiger partial charge >= 0.3 is 11.5 Å². The van der Waals surface area contributed by atoms with E-state index in [1.807, 2.05) is 0 Å². The number of carbonyl (C=O) groups is 1. The van der Waals surface area contributed by atoms with Crippen LogP contribution < -0.4 is 5.11 Å². The zero-order valence-electron chi connectivity index (χ0n) is 6.11. The highest BCUT2D eigenvalue weighted by molar-refractivity contribution is 5.81. The van der Waals surface area contributed by atoms with E-state index in [1.165, 1.54) is 0 Å². The van der Waals surface area contributed by atoms with Gasteiger partial charge < -0.3 is 9.90 Å². The summed E-state index contributed by atoms with van der Waals surface area (Å²) in [6, 6.07) is 0. The van der Waals surface area contributed by atoms with Crippen molar-refractivity contribution in [2.45, 2.75) is 0 Å². The van der Waals surface area contributed by atoms with Crippen LogP contribution in [0.4, 0.5) is 0 Å². The molecule has 0 aliphatic carbocycles. The number of carbonyl (C=O) groups excluding carboxylic acids is 1. The summed E-state index contributed by atoms with van der Waals surface area (Å²) in [5, 5.41) is 39.7. The Morgan fingerprint density at radius 1 is 0.857 bits per heavy atom. The zero-order chi connectivity index (χ0) is 11.5. The molecule has 0 saturated carbocycles. The van der Waals surface area contributed by atoms with Crippen LogP contribution in [-0.4, -0.2) is 20.7 Å². The van der Waals surface area contributed by atoms with Crippen molar-refractivity contribution in [3.05, 3.63) is 41.9 Å². The fourth-order valence-corrected chi connectivity index (χ4v) is 0.487. The molecule has 0 saturated heterocycles. The molecule has 0 aromatic rings. The molecule has 0 atom stereocenters. The van der Waals surface area contributed by atoms with Crippen LogP contribution in [0, 0.1) is 30.3 Å². The predicted octanol–water partition coefficient (Wildman–Crippen LogP) is -2.26. The summed E-state index contributed by atoms with van der Waals surface area (Å²) in [5.74, 6) is -4.84. The van der Waals surface area contributed by atoms with Gasteiger partial charge in [0, 0.05) is 0 Å². The minimum absolute atomic E-state index is 1.77. The third-order valence-electron chi connectivity index (χ3n) is 0.934. The van der Waals surface area contributed by atoms with Crippen molar-refractivity contribution in [3.63, 3.8) is 0 Å². The van der Waals surface area contributed by atoms with Gasteiger partial charge in [-0.1, -0.05) is 0 Å². The van der Waals surface area contributed by atoms with E-state index in [0.29, 0.717) is 0 Å². The third kappa shape index (κ3) is 2.20. The van der Waals surface area contributed by atoms with Gasteiger partial charge in [0.05, 0.1) is 4.92 Å². The molecule has 0 aliphatic heterocycles. The molecule has 76 valence electrons. The minimum atomic E-state index is -2.60. The summed E-state index contributed by atoms with van der Waals surface area (Å²) in [6.45, 7) is 0. The van der Waals surface area contributed by atoms with Crippen molar-refractivity contribution in [1.29, 1.82) is 0 Å².